The molecule has 3 rings (SSSR count). The molecule has 0 saturated carbocycles. The summed E-state index contributed by atoms with van der Waals surface area (Å²) in [4.78, 5) is 12.7. The van der Waals surface area contributed by atoms with Gasteiger partial charge in [-0.15, -0.1) is 0 Å². The van der Waals surface area contributed by atoms with E-state index in [1.165, 1.54) is 18.2 Å². The fourth-order valence-electron chi connectivity index (χ4n) is 2.88. The van der Waals surface area contributed by atoms with Crippen LogP contribution in [0.15, 0.2) is 41.3 Å². The van der Waals surface area contributed by atoms with Crippen LogP contribution in [0.25, 0.3) is 0 Å². The lowest BCUT2D eigenvalue weighted by Gasteiger charge is -2.32. The minimum Gasteiger partial charge on any atom is -0.399 e. The zero-order valence-corrected chi connectivity index (χ0v) is 21.6. The number of amides is 1. The molecule has 0 atom stereocenters. The fraction of sp³-hybridized carbons (Fsp3) is 0.409. The normalized spacial score (nSPS) is 16.8. The predicted octanol–water partition coefficient (Wildman–Crippen LogP) is 4.97. The number of halogens is 2. The van der Waals surface area contributed by atoms with Gasteiger partial charge < -0.3 is 14.6 Å². The number of rotatable bonds is 4. The molecule has 0 aliphatic carbocycles. The van der Waals surface area contributed by atoms with Crippen LogP contribution in [0.4, 0.5) is 5.69 Å². The third-order valence-corrected chi connectivity index (χ3v) is 7.14. The number of benzene rings is 2. The van der Waals surface area contributed by atoms with E-state index in [0.717, 1.165) is 6.26 Å². The highest BCUT2D eigenvalue weighted by atomic mass is 35.5. The smallest absolute Gasteiger partial charge is 0.399 e. The first kappa shape index (κ1) is 26.7. The van der Waals surface area contributed by atoms with Crippen molar-refractivity contribution >= 4 is 57.2 Å². The summed E-state index contributed by atoms with van der Waals surface area (Å²) in [5.41, 5.74) is 0.143. The lowest BCUT2D eigenvalue weighted by Crippen LogP contribution is -2.41. The maximum Gasteiger partial charge on any atom is 0.496 e. The molecule has 1 amide bonds. The highest BCUT2D eigenvalue weighted by Crippen LogP contribution is 2.37. The van der Waals surface area contributed by atoms with E-state index in [1.807, 2.05) is 41.5 Å². The first-order chi connectivity index (χ1) is 14.7. The van der Waals surface area contributed by atoms with E-state index in [2.05, 4.69) is 5.32 Å². The van der Waals surface area contributed by atoms with Gasteiger partial charge in [0.05, 0.1) is 26.7 Å². The van der Waals surface area contributed by atoms with Crippen molar-refractivity contribution in [2.24, 2.45) is 0 Å². The Labute approximate surface area is 200 Å². The van der Waals surface area contributed by atoms with Crippen molar-refractivity contribution < 1.29 is 22.5 Å². The molecular formula is C22H28BCl2NO5S. The van der Waals surface area contributed by atoms with Crippen molar-refractivity contribution in [2.45, 2.75) is 57.6 Å². The molecule has 0 bridgehead atoms. The summed E-state index contributed by atoms with van der Waals surface area (Å²) >= 11 is 12.5. The first-order valence-electron chi connectivity index (χ1n) is 10.2. The van der Waals surface area contributed by atoms with Gasteiger partial charge in [0.15, 0.2) is 9.84 Å². The number of hydrogen-bond acceptors (Lipinski definition) is 5. The van der Waals surface area contributed by atoms with Crippen LogP contribution in [-0.4, -0.2) is 38.9 Å². The quantitative estimate of drug-likeness (QED) is 0.600. The summed E-state index contributed by atoms with van der Waals surface area (Å²) in [6.45, 7) is 11.8. The summed E-state index contributed by atoms with van der Waals surface area (Å²) in [5, 5.41) is 3.23. The Morgan fingerprint density at radius 1 is 0.938 bits per heavy atom. The topological polar surface area (TPSA) is 81.7 Å². The summed E-state index contributed by atoms with van der Waals surface area (Å²) in [6, 6.07) is 8.94. The van der Waals surface area contributed by atoms with Gasteiger partial charge in [0.1, 0.15) is 0 Å². The van der Waals surface area contributed by atoms with Crippen LogP contribution < -0.4 is 10.8 Å². The molecule has 0 aromatic heterocycles. The van der Waals surface area contributed by atoms with E-state index >= 15 is 0 Å². The summed E-state index contributed by atoms with van der Waals surface area (Å²) in [6.07, 6.45) is 1.07. The second kappa shape index (κ2) is 9.73. The van der Waals surface area contributed by atoms with E-state index in [1.54, 1.807) is 18.2 Å². The molecule has 32 heavy (non-hydrogen) atoms. The number of hydrogen-bond donors (Lipinski definition) is 1. The maximum absolute atomic E-state index is 12.7. The van der Waals surface area contributed by atoms with E-state index in [9.17, 15) is 13.2 Å². The number of anilines is 1. The lowest BCUT2D eigenvalue weighted by molar-refractivity contribution is 0.00578. The molecular weight excluding hydrogens is 472 g/mol. The Bertz CT molecular complexity index is 1100. The van der Waals surface area contributed by atoms with Crippen molar-refractivity contribution in [3.05, 3.63) is 52.0 Å². The Balaban J connectivity index is 0.00000176. The molecule has 2 aromatic carbocycles. The molecule has 1 saturated heterocycles. The number of carbonyl (C=O) groups is 1. The van der Waals surface area contributed by atoms with Crippen LogP contribution in [0, 0.1) is 0 Å². The molecule has 1 heterocycles. The number of nitrogens with one attached hydrogen (secondary N) is 1. The van der Waals surface area contributed by atoms with Crippen LogP contribution in [0.2, 0.25) is 10.0 Å². The molecule has 1 aliphatic rings. The maximum atomic E-state index is 12.7. The van der Waals surface area contributed by atoms with Crippen LogP contribution in [0.3, 0.4) is 0 Å². The van der Waals surface area contributed by atoms with Crippen LogP contribution in [0.5, 0.6) is 0 Å². The average molecular weight is 500 g/mol. The Kier molecular flexibility index (Phi) is 8.11. The van der Waals surface area contributed by atoms with Crippen molar-refractivity contribution in [1.29, 1.82) is 0 Å². The van der Waals surface area contributed by atoms with Gasteiger partial charge in [0, 0.05) is 22.4 Å². The van der Waals surface area contributed by atoms with Gasteiger partial charge >= 0.3 is 7.12 Å². The standard InChI is InChI=1S/C20H22BCl2NO5S.C2H6/c1-19(2)20(3,4)29-21(28-19)15-10-12(6-9-16(15)22)24-18(25)14-8-7-13(11-17(14)23)30(5,26)27;1-2/h6-11H,1-5H3,(H,24,25);1-2H3. The minimum atomic E-state index is -3.42. The van der Waals surface area contributed by atoms with Gasteiger partial charge in [-0.25, -0.2) is 8.42 Å². The van der Waals surface area contributed by atoms with Gasteiger partial charge in [0.2, 0.25) is 0 Å². The summed E-state index contributed by atoms with van der Waals surface area (Å²) in [7, 11) is -4.11. The molecule has 1 aliphatic heterocycles. The number of carbonyl (C=O) groups excluding carboxylic acids is 1. The van der Waals surface area contributed by atoms with E-state index in [4.69, 9.17) is 32.5 Å². The lowest BCUT2D eigenvalue weighted by atomic mass is 9.79. The van der Waals surface area contributed by atoms with Crippen molar-refractivity contribution in [1.82, 2.24) is 0 Å². The molecule has 0 unspecified atom stereocenters. The van der Waals surface area contributed by atoms with Crippen molar-refractivity contribution in [3.63, 3.8) is 0 Å². The largest absolute Gasteiger partial charge is 0.496 e. The highest BCUT2D eigenvalue weighted by Gasteiger charge is 2.52. The van der Waals surface area contributed by atoms with Crippen LogP contribution in [0.1, 0.15) is 51.9 Å². The van der Waals surface area contributed by atoms with Crippen LogP contribution >= 0.6 is 23.2 Å². The van der Waals surface area contributed by atoms with Crippen molar-refractivity contribution in [2.75, 3.05) is 11.6 Å². The van der Waals surface area contributed by atoms with Gasteiger partial charge in [-0.05, 0) is 64.1 Å². The molecule has 0 radical (unpaired) electrons. The van der Waals surface area contributed by atoms with Crippen molar-refractivity contribution in [3.8, 4) is 0 Å². The summed E-state index contributed by atoms with van der Waals surface area (Å²) < 4.78 is 35.4. The third-order valence-electron chi connectivity index (χ3n) is 5.37. The van der Waals surface area contributed by atoms with E-state index < -0.39 is 34.1 Å². The van der Waals surface area contributed by atoms with Gasteiger partial charge in [-0.3, -0.25) is 4.79 Å². The SMILES string of the molecule is CC.CC1(C)OB(c2cc(NC(=O)c3ccc(S(C)(=O)=O)cc3Cl)ccc2Cl)OC1(C)C. The van der Waals surface area contributed by atoms with Gasteiger partial charge in [-0.1, -0.05) is 37.0 Å². The minimum absolute atomic E-state index is 0.0376. The third kappa shape index (κ3) is 5.67. The molecule has 0 spiro atoms. The Morgan fingerprint density at radius 2 is 1.50 bits per heavy atom. The zero-order valence-electron chi connectivity index (χ0n) is 19.2. The second-order valence-corrected chi connectivity index (χ2v) is 11.0. The summed E-state index contributed by atoms with van der Waals surface area (Å²) in [5.74, 6) is -0.484. The average Bonchev–Trinajstić information content (AvgIpc) is 2.91. The fourth-order valence-corrected chi connectivity index (χ4v) is 4.07. The Morgan fingerprint density at radius 3 is 2.00 bits per heavy atom. The van der Waals surface area contributed by atoms with Crippen LogP contribution in [-0.2, 0) is 19.1 Å². The molecule has 174 valence electrons. The predicted molar refractivity (Wildman–Crippen MR) is 131 cm³/mol. The van der Waals surface area contributed by atoms with Gasteiger partial charge in [0.25, 0.3) is 5.91 Å². The molecule has 10 heteroatoms. The number of sulfone groups is 1. The zero-order chi connectivity index (χ0) is 24.5. The molecule has 2 aromatic rings. The second-order valence-electron chi connectivity index (χ2n) is 8.19. The highest BCUT2D eigenvalue weighted by molar-refractivity contribution is 7.90. The molecule has 1 fully saturated rings. The first-order valence-corrected chi connectivity index (χ1v) is 12.8. The molecule has 6 nitrogen and oxygen atoms in total. The Hall–Kier alpha value is -1.58. The van der Waals surface area contributed by atoms with E-state index in [-0.39, 0.29) is 15.5 Å². The monoisotopic (exact) mass is 499 g/mol. The molecule has 1 N–H and O–H groups in total. The van der Waals surface area contributed by atoms with Gasteiger partial charge in [-0.2, -0.15) is 0 Å². The van der Waals surface area contributed by atoms with E-state index in [0.29, 0.717) is 16.2 Å².